The van der Waals surface area contributed by atoms with Gasteiger partial charge in [0, 0.05) is 5.56 Å². The zero-order chi connectivity index (χ0) is 16.1. The van der Waals surface area contributed by atoms with Crippen LogP contribution < -0.4 is 9.47 Å². The largest absolute Gasteiger partial charge is 0.497 e. The summed E-state index contributed by atoms with van der Waals surface area (Å²) < 4.78 is 17.0. The van der Waals surface area contributed by atoms with E-state index in [9.17, 15) is 5.26 Å². The molecule has 0 aromatic heterocycles. The number of benzene rings is 1. The van der Waals surface area contributed by atoms with Crippen LogP contribution >= 0.6 is 0 Å². The van der Waals surface area contributed by atoms with Gasteiger partial charge in [-0.1, -0.05) is 13.3 Å². The summed E-state index contributed by atoms with van der Waals surface area (Å²) in [5.74, 6) is 1.35. The molecule has 0 spiro atoms. The third-order valence-corrected chi connectivity index (χ3v) is 4.07. The van der Waals surface area contributed by atoms with Crippen molar-refractivity contribution >= 4 is 8.32 Å². The van der Waals surface area contributed by atoms with Crippen LogP contribution in [0.2, 0.25) is 19.6 Å². The molecular formula is C16H25NO3Si. The SMILES string of the molecule is CCC[C@](C#N)(O[Si](C)(C)C)c1cc(OC)ccc1OC. The molecule has 21 heavy (non-hydrogen) atoms. The molecule has 0 saturated carbocycles. The van der Waals surface area contributed by atoms with Crippen molar-refractivity contribution in [3.63, 3.8) is 0 Å². The number of nitrogens with zero attached hydrogens (tertiary/aromatic N) is 1. The first-order valence-corrected chi connectivity index (χ1v) is 10.6. The average Bonchev–Trinajstić information content (AvgIpc) is 2.44. The van der Waals surface area contributed by atoms with Gasteiger partial charge in [0.2, 0.25) is 0 Å². The average molecular weight is 307 g/mol. The van der Waals surface area contributed by atoms with E-state index >= 15 is 0 Å². The normalized spacial score (nSPS) is 14.1. The maximum atomic E-state index is 9.86. The molecule has 0 heterocycles. The lowest BCUT2D eigenvalue weighted by Gasteiger charge is -2.35. The molecule has 4 nitrogen and oxygen atoms in total. The Hall–Kier alpha value is -1.51. The van der Waals surface area contributed by atoms with Gasteiger partial charge in [0.25, 0.3) is 0 Å². The van der Waals surface area contributed by atoms with E-state index in [4.69, 9.17) is 13.9 Å². The predicted octanol–water partition coefficient (Wildman–Crippen LogP) is 4.07. The van der Waals surface area contributed by atoms with E-state index in [1.165, 1.54) is 0 Å². The highest BCUT2D eigenvalue weighted by Gasteiger charge is 2.40. The highest BCUT2D eigenvalue weighted by Crippen LogP contribution is 2.40. The maximum absolute atomic E-state index is 9.86. The van der Waals surface area contributed by atoms with Crippen molar-refractivity contribution in [2.45, 2.75) is 45.0 Å². The third-order valence-electron chi connectivity index (χ3n) is 3.10. The standard InChI is InChI=1S/C16H25NO3Si/c1-7-10-16(12-17,20-21(4,5)6)14-11-13(18-2)8-9-15(14)19-3/h8-9,11H,7,10H2,1-6H3/t16-/m1/s1. The zero-order valence-corrected chi connectivity index (χ0v) is 14.8. The molecule has 0 bridgehead atoms. The molecule has 0 aliphatic carbocycles. The van der Waals surface area contributed by atoms with Crippen LogP contribution in [0.3, 0.4) is 0 Å². The summed E-state index contributed by atoms with van der Waals surface area (Å²) in [6, 6.07) is 7.88. The lowest BCUT2D eigenvalue weighted by molar-refractivity contribution is 0.104. The molecule has 1 aromatic carbocycles. The predicted molar refractivity (Wildman–Crippen MR) is 86.2 cm³/mol. The molecule has 0 aliphatic heterocycles. The quantitative estimate of drug-likeness (QED) is 0.712. The summed E-state index contributed by atoms with van der Waals surface area (Å²) in [5, 5.41) is 9.86. The number of nitriles is 1. The van der Waals surface area contributed by atoms with Gasteiger partial charge in [0.15, 0.2) is 13.9 Å². The third kappa shape index (κ3) is 4.23. The van der Waals surface area contributed by atoms with Gasteiger partial charge in [-0.25, -0.2) is 0 Å². The van der Waals surface area contributed by atoms with Crippen molar-refractivity contribution in [3.8, 4) is 17.6 Å². The van der Waals surface area contributed by atoms with Crippen molar-refractivity contribution in [1.82, 2.24) is 0 Å². The Morgan fingerprint density at radius 1 is 1.19 bits per heavy atom. The Morgan fingerprint density at radius 3 is 2.29 bits per heavy atom. The number of ether oxygens (including phenoxy) is 2. The van der Waals surface area contributed by atoms with Crippen molar-refractivity contribution in [3.05, 3.63) is 23.8 Å². The van der Waals surface area contributed by atoms with Crippen LogP contribution in [0.15, 0.2) is 18.2 Å². The van der Waals surface area contributed by atoms with Gasteiger partial charge in [-0.15, -0.1) is 0 Å². The summed E-state index contributed by atoms with van der Waals surface area (Å²) in [4.78, 5) is 0. The minimum absolute atomic E-state index is 0.622. The molecule has 1 aromatic rings. The minimum Gasteiger partial charge on any atom is -0.497 e. The van der Waals surface area contributed by atoms with Crippen molar-refractivity contribution in [2.75, 3.05) is 14.2 Å². The smallest absolute Gasteiger partial charge is 0.186 e. The van der Waals surface area contributed by atoms with Crippen molar-refractivity contribution in [1.29, 1.82) is 5.26 Å². The lowest BCUT2D eigenvalue weighted by atomic mass is 9.90. The molecule has 0 fully saturated rings. The molecule has 116 valence electrons. The molecule has 0 saturated heterocycles. The molecule has 1 atom stereocenters. The van der Waals surface area contributed by atoms with Crippen LogP contribution in [0.25, 0.3) is 0 Å². The van der Waals surface area contributed by atoms with Gasteiger partial charge in [-0.3, -0.25) is 0 Å². The first kappa shape index (κ1) is 17.5. The van der Waals surface area contributed by atoms with Crippen LogP contribution in [0, 0.1) is 11.3 Å². The van der Waals surface area contributed by atoms with Gasteiger partial charge in [-0.05, 0) is 44.3 Å². The fourth-order valence-corrected chi connectivity index (χ4v) is 3.69. The number of methoxy groups -OCH3 is 2. The first-order chi connectivity index (χ1) is 9.81. The summed E-state index contributed by atoms with van der Waals surface area (Å²) in [7, 11) is 1.30. The maximum Gasteiger partial charge on any atom is 0.186 e. The molecule has 1 rings (SSSR count). The van der Waals surface area contributed by atoms with Gasteiger partial charge in [0.05, 0.1) is 14.2 Å². The Morgan fingerprint density at radius 2 is 1.86 bits per heavy atom. The van der Waals surface area contributed by atoms with Crippen LogP contribution in [0.5, 0.6) is 11.5 Å². The molecule has 0 N–H and O–H groups in total. The molecule has 0 amide bonds. The Labute approximate surface area is 128 Å². The Kier molecular flexibility index (Phi) is 5.82. The van der Waals surface area contributed by atoms with Crippen LogP contribution in [0.4, 0.5) is 0 Å². The Bertz CT molecular complexity index is 519. The topological polar surface area (TPSA) is 51.5 Å². The van der Waals surface area contributed by atoms with Gasteiger partial charge >= 0.3 is 0 Å². The van der Waals surface area contributed by atoms with Crippen LogP contribution in [-0.4, -0.2) is 22.5 Å². The second-order valence-electron chi connectivity index (χ2n) is 5.97. The zero-order valence-electron chi connectivity index (χ0n) is 13.8. The first-order valence-electron chi connectivity index (χ1n) is 7.16. The number of hydrogen-bond donors (Lipinski definition) is 0. The molecule has 0 radical (unpaired) electrons. The van der Waals surface area contributed by atoms with Crippen molar-refractivity contribution in [2.24, 2.45) is 0 Å². The summed E-state index contributed by atoms with van der Waals surface area (Å²) >= 11 is 0. The summed E-state index contributed by atoms with van der Waals surface area (Å²) in [6.07, 6.45) is 1.47. The highest BCUT2D eigenvalue weighted by atomic mass is 28.4. The summed E-state index contributed by atoms with van der Waals surface area (Å²) in [5.41, 5.74) is -0.241. The van der Waals surface area contributed by atoms with Crippen LogP contribution in [0.1, 0.15) is 25.3 Å². The van der Waals surface area contributed by atoms with E-state index in [0.29, 0.717) is 17.9 Å². The fraction of sp³-hybridized carbons (Fsp3) is 0.562. The molecule has 0 unspecified atom stereocenters. The Balaban J connectivity index is 3.47. The summed E-state index contributed by atoms with van der Waals surface area (Å²) in [6.45, 7) is 8.30. The van der Waals surface area contributed by atoms with Gasteiger partial charge in [0.1, 0.15) is 17.6 Å². The highest BCUT2D eigenvalue weighted by molar-refractivity contribution is 6.69. The fourth-order valence-electron chi connectivity index (χ4n) is 2.38. The van der Waals surface area contributed by atoms with E-state index in [0.717, 1.165) is 12.0 Å². The molecule has 0 aliphatic rings. The van der Waals surface area contributed by atoms with Gasteiger partial charge < -0.3 is 13.9 Å². The number of hydrogen-bond acceptors (Lipinski definition) is 4. The van der Waals surface area contributed by atoms with Gasteiger partial charge in [-0.2, -0.15) is 5.26 Å². The number of rotatable bonds is 7. The van der Waals surface area contributed by atoms with E-state index < -0.39 is 13.9 Å². The monoisotopic (exact) mass is 307 g/mol. The van der Waals surface area contributed by atoms with Crippen molar-refractivity contribution < 1.29 is 13.9 Å². The van der Waals surface area contributed by atoms with E-state index in [1.54, 1.807) is 14.2 Å². The second kappa shape index (κ2) is 6.97. The van der Waals surface area contributed by atoms with E-state index in [-0.39, 0.29) is 0 Å². The molecular weight excluding hydrogens is 282 g/mol. The van der Waals surface area contributed by atoms with E-state index in [2.05, 4.69) is 25.7 Å². The second-order valence-corrected chi connectivity index (χ2v) is 10.4. The molecule has 5 heteroatoms. The van der Waals surface area contributed by atoms with Crippen LogP contribution in [-0.2, 0) is 10.0 Å². The minimum atomic E-state index is -1.92. The lowest BCUT2D eigenvalue weighted by Crippen LogP contribution is -2.40. The van der Waals surface area contributed by atoms with E-state index in [1.807, 2.05) is 25.1 Å².